The van der Waals surface area contributed by atoms with Gasteiger partial charge in [-0.15, -0.1) is 10.2 Å². The maximum Gasteiger partial charge on any atom is 0.276 e. The molecule has 1 aromatic heterocycles. The maximum atomic E-state index is 12.6. The third kappa shape index (κ3) is 4.23. The Morgan fingerprint density at radius 3 is 2.56 bits per heavy atom. The fourth-order valence-corrected chi connectivity index (χ4v) is 2.79. The minimum absolute atomic E-state index is 0.255. The van der Waals surface area contributed by atoms with Crippen LogP contribution in [0.25, 0.3) is 0 Å². The number of aryl methyl sites for hydroxylation is 2. The highest BCUT2D eigenvalue weighted by atomic mass is 16.5. The fraction of sp³-hybridized carbons (Fsp3) is 0.190. The van der Waals surface area contributed by atoms with Gasteiger partial charge in [0.15, 0.2) is 11.5 Å². The van der Waals surface area contributed by atoms with Crippen LogP contribution in [0.4, 0.5) is 17.2 Å². The second-order valence-electron chi connectivity index (χ2n) is 6.05. The van der Waals surface area contributed by atoms with Gasteiger partial charge in [0, 0.05) is 5.69 Å². The zero-order valence-corrected chi connectivity index (χ0v) is 15.6. The summed E-state index contributed by atoms with van der Waals surface area (Å²) in [6.07, 6.45) is 0.838. The molecule has 0 unspecified atom stereocenters. The second-order valence-corrected chi connectivity index (χ2v) is 6.05. The van der Waals surface area contributed by atoms with Crippen molar-refractivity contribution in [2.24, 2.45) is 0 Å². The van der Waals surface area contributed by atoms with Crippen LogP contribution in [0.3, 0.4) is 0 Å². The minimum Gasteiger partial charge on any atom is -0.495 e. The molecule has 0 saturated carbocycles. The lowest BCUT2D eigenvalue weighted by molar-refractivity contribution is 0.102. The molecule has 1 amide bonds. The predicted molar refractivity (Wildman–Crippen MR) is 107 cm³/mol. The van der Waals surface area contributed by atoms with Gasteiger partial charge in [-0.1, -0.05) is 37.3 Å². The lowest BCUT2D eigenvalue weighted by Crippen LogP contribution is -2.16. The summed E-state index contributed by atoms with van der Waals surface area (Å²) in [6, 6.07) is 16.8. The molecule has 3 rings (SSSR count). The summed E-state index contributed by atoms with van der Waals surface area (Å²) in [5.74, 6) is 0.948. The van der Waals surface area contributed by atoms with Crippen LogP contribution < -0.4 is 15.4 Å². The molecule has 6 heteroatoms. The summed E-state index contributed by atoms with van der Waals surface area (Å²) < 4.78 is 5.30. The third-order valence-corrected chi connectivity index (χ3v) is 4.25. The Balaban J connectivity index is 1.75. The van der Waals surface area contributed by atoms with E-state index in [9.17, 15) is 4.79 Å². The number of carbonyl (C=O) groups is 1. The molecule has 0 radical (unpaired) electrons. The number of para-hydroxylation sites is 3. The van der Waals surface area contributed by atoms with Gasteiger partial charge in [-0.25, -0.2) is 0 Å². The highest BCUT2D eigenvalue weighted by Gasteiger charge is 2.13. The summed E-state index contributed by atoms with van der Waals surface area (Å²) in [7, 11) is 1.61. The first kappa shape index (κ1) is 18.4. The van der Waals surface area contributed by atoms with Gasteiger partial charge in [-0.2, -0.15) is 0 Å². The number of nitrogens with one attached hydrogen (secondary N) is 2. The van der Waals surface area contributed by atoms with E-state index >= 15 is 0 Å². The van der Waals surface area contributed by atoms with E-state index in [0.29, 0.717) is 11.6 Å². The van der Waals surface area contributed by atoms with E-state index in [4.69, 9.17) is 4.74 Å². The normalized spacial score (nSPS) is 10.3. The molecule has 27 heavy (non-hydrogen) atoms. The quantitative estimate of drug-likeness (QED) is 0.682. The predicted octanol–water partition coefficient (Wildman–Crippen LogP) is 4.35. The van der Waals surface area contributed by atoms with Crippen molar-refractivity contribution >= 4 is 23.1 Å². The Labute approximate surface area is 158 Å². The van der Waals surface area contributed by atoms with Gasteiger partial charge < -0.3 is 15.4 Å². The van der Waals surface area contributed by atoms with Crippen LogP contribution in [-0.2, 0) is 6.42 Å². The molecule has 0 bridgehead atoms. The number of hydrogen-bond acceptors (Lipinski definition) is 5. The summed E-state index contributed by atoms with van der Waals surface area (Å²) in [5.41, 5.74) is 3.98. The fourth-order valence-electron chi connectivity index (χ4n) is 2.79. The standard InChI is InChI=1S/C21H22N4O2/c1-4-15-9-7-8-14(2)20(15)23-21(26)17-12-13-19(25-24-17)22-16-10-5-6-11-18(16)27-3/h5-13H,4H2,1-3H3,(H,22,25)(H,23,26). The molecular weight excluding hydrogens is 340 g/mol. The van der Waals surface area contributed by atoms with Crippen LogP contribution in [0.15, 0.2) is 54.6 Å². The van der Waals surface area contributed by atoms with Crippen molar-refractivity contribution in [2.45, 2.75) is 20.3 Å². The zero-order valence-electron chi connectivity index (χ0n) is 15.6. The Hall–Kier alpha value is -3.41. The van der Waals surface area contributed by atoms with E-state index in [1.165, 1.54) is 0 Å². The van der Waals surface area contributed by atoms with E-state index in [1.807, 2.05) is 49.4 Å². The molecule has 0 aliphatic heterocycles. The number of anilines is 3. The monoisotopic (exact) mass is 362 g/mol. The largest absolute Gasteiger partial charge is 0.495 e. The highest BCUT2D eigenvalue weighted by Crippen LogP contribution is 2.26. The zero-order chi connectivity index (χ0) is 19.2. The number of methoxy groups -OCH3 is 1. The van der Waals surface area contributed by atoms with E-state index in [1.54, 1.807) is 19.2 Å². The Kier molecular flexibility index (Phi) is 5.66. The Morgan fingerprint density at radius 1 is 1.04 bits per heavy atom. The SMILES string of the molecule is CCc1cccc(C)c1NC(=O)c1ccc(Nc2ccccc2OC)nn1. The van der Waals surface area contributed by atoms with Crippen LogP contribution in [0.1, 0.15) is 28.5 Å². The van der Waals surface area contributed by atoms with Gasteiger partial charge in [0.05, 0.1) is 12.8 Å². The molecule has 2 N–H and O–H groups in total. The first-order valence-corrected chi connectivity index (χ1v) is 8.76. The summed E-state index contributed by atoms with van der Waals surface area (Å²) in [5, 5.41) is 14.2. The first-order valence-electron chi connectivity index (χ1n) is 8.76. The van der Waals surface area contributed by atoms with Gasteiger partial charge in [-0.05, 0) is 48.7 Å². The third-order valence-electron chi connectivity index (χ3n) is 4.25. The molecule has 2 aromatic carbocycles. The smallest absolute Gasteiger partial charge is 0.276 e. The Bertz CT molecular complexity index is 939. The number of amides is 1. The van der Waals surface area contributed by atoms with Crippen molar-refractivity contribution in [1.82, 2.24) is 10.2 Å². The molecule has 6 nitrogen and oxygen atoms in total. The van der Waals surface area contributed by atoms with Crippen molar-refractivity contribution in [1.29, 1.82) is 0 Å². The average Bonchev–Trinajstić information content (AvgIpc) is 2.70. The number of nitrogens with zero attached hydrogens (tertiary/aromatic N) is 2. The first-order chi connectivity index (χ1) is 13.1. The van der Waals surface area contributed by atoms with Crippen LogP contribution >= 0.6 is 0 Å². The number of rotatable bonds is 6. The van der Waals surface area contributed by atoms with Crippen molar-refractivity contribution in [3.8, 4) is 5.75 Å². The number of benzene rings is 2. The van der Waals surface area contributed by atoms with Gasteiger partial charge in [-0.3, -0.25) is 4.79 Å². The van der Waals surface area contributed by atoms with Crippen LogP contribution in [-0.4, -0.2) is 23.2 Å². The number of hydrogen-bond donors (Lipinski definition) is 2. The molecule has 0 atom stereocenters. The van der Waals surface area contributed by atoms with Crippen molar-refractivity contribution in [3.05, 3.63) is 71.4 Å². The highest BCUT2D eigenvalue weighted by molar-refractivity contribution is 6.03. The molecule has 0 spiro atoms. The number of ether oxygens (including phenoxy) is 1. The van der Waals surface area contributed by atoms with Crippen molar-refractivity contribution < 1.29 is 9.53 Å². The van der Waals surface area contributed by atoms with Crippen LogP contribution in [0.2, 0.25) is 0 Å². The van der Waals surface area contributed by atoms with E-state index < -0.39 is 0 Å². The van der Waals surface area contributed by atoms with Crippen molar-refractivity contribution in [3.63, 3.8) is 0 Å². The van der Waals surface area contributed by atoms with Crippen LogP contribution in [0, 0.1) is 6.92 Å². The molecular formula is C21H22N4O2. The van der Waals surface area contributed by atoms with Gasteiger partial charge in [0.25, 0.3) is 5.91 Å². The van der Waals surface area contributed by atoms with Crippen molar-refractivity contribution in [2.75, 3.05) is 17.7 Å². The minimum atomic E-state index is -0.282. The number of carbonyl (C=O) groups excluding carboxylic acids is 1. The number of aromatic nitrogens is 2. The van der Waals surface area contributed by atoms with Gasteiger partial charge in [0.1, 0.15) is 5.75 Å². The lowest BCUT2D eigenvalue weighted by atomic mass is 10.1. The Morgan fingerprint density at radius 2 is 1.85 bits per heavy atom. The molecule has 0 aliphatic rings. The summed E-state index contributed by atoms with van der Waals surface area (Å²) in [4.78, 5) is 12.6. The molecule has 1 heterocycles. The summed E-state index contributed by atoms with van der Waals surface area (Å²) in [6.45, 7) is 4.03. The van der Waals surface area contributed by atoms with E-state index in [-0.39, 0.29) is 11.6 Å². The molecule has 3 aromatic rings. The maximum absolute atomic E-state index is 12.6. The van der Waals surface area contributed by atoms with Gasteiger partial charge in [0.2, 0.25) is 0 Å². The van der Waals surface area contributed by atoms with E-state index in [2.05, 4.69) is 27.8 Å². The molecule has 0 aliphatic carbocycles. The van der Waals surface area contributed by atoms with Gasteiger partial charge >= 0.3 is 0 Å². The summed E-state index contributed by atoms with van der Waals surface area (Å²) >= 11 is 0. The van der Waals surface area contributed by atoms with E-state index in [0.717, 1.165) is 28.9 Å². The van der Waals surface area contributed by atoms with Crippen LogP contribution in [0.5, 0.6) is 5.75 Å². The molecule has 138 valence electrons. The molecule has 0 saturated heterocycles. The second kappa shape index (κ2) is 8.31. The topological polar surface area (TPSA) is 76.1 Å². The lowest BCUT2D eigenvalue weighted by Gasteiger charge is -2.13. The average molecular weight is 362 g/mol. The molecule has 0 fully saturated rings.